The molecule has 0 saturated heterocycles. The fraction of sp³-hybridized carbons (Fsp3) is 0.882. The predicted octanol–water partition coefficient (Wildman–Crippen LogP) is 1.63. The number of hydrogen-bond acceptors (Lipinski definition) is 4. The Balaban J connectivity index is 1.92. The van der Waals surface area contributed by atoms with Crippen LogP contribution >= 0.6 is 0 Å². The van der Waals surface area contributed by atoms with Crippen LogP contribution in [0.5, 0.6) is 0 Å². The Kier molecular flexibility index (Phi) is 6.48. The van der Waals surface area contributed by atoms with Crippen LogP contribution in [0.2, 0.25) is 0 Å². The van der Waals surface area contributed by atoms with Gasteiger partial charge in [-0.15, -0.1) is 0 Å². The summed E-state index contributed by atoms with van der Waals surface area (Å²) in [6, 6.07) is -0.106. The largest absolute Gasteiger partial charge is 0.481 e. The second-order valence-electron chi connectivity index (χ2n) is 7.94. The molecular weight excluding hydrogens is 344 g/mol. The molecule has 0 aliphatic heterocycles. The van der Waals surface area contributed by atoms with Crippen molar-refractivity contribution in [1.82, 2.24) is 10.0 Å². The first-order valence-corrected chi connectivity index (χ1v) is 10.8. The van der Waals surface area contributed by atoms with Crippen molar-refractivity contribution in [3.8, 4) is 0 Å². The Labute approximate surface area is 150 Å². The molecule has 2 unspecified atom stereocenters. The van der Waals surface area contributed by atoms with Crippen LogP contribution in [0, 0.1) is 11.8 Å². The van der Waals surface area contributed by atoms with Crippen LogP contribution in [0.3, 0.4) is 0 Å². The van der Waals surface area contributed by atoms with Gasteiger partial charge in [-0.1, -0.05) is 19.8 Å². The van der Waals surface area contributed by atoms with Crippen LogP contribution < -0.4 is 10.0 Å². The molecule has 2 rings (SSSR count). The number of sulfonamides is 1. The van der Waals surface area contributed by atoms with Crippen LogP contribution in [0.1, 0.15) is 65.2 Å². The van der Waals surface area contributed by atoms with Gasteiger partial charge in [0.15, 0.2) is 0 Å². The van der Waals surface area contributed by atoms with Gasteiger partial charge in [0.25, 0.3) is 0 Å². The van der Waals surface area contributed by atoms with Gasteiger partial charge in [-0.3, -0.25) is 9.59 Å². The van der Waals surface area contributed by atoms with Crippen LogP contribution in [-0.4, -0.2) is 42.7 Å². The number of hydrogen-bond donors (Lipinski definition) is 3. The zero-order valence-corrected chi connectivity index (χ0v) is 15.9. The Bertz CT molecular complexity index is 598. The Morgan fingerprint density at radius 2 is 1.76 bits per heavy atom. The summed E-state index contributed by atoms with van der Waals surface area (Å²) in [7, 11) is -3.72. The van der Waals surface area contributed by atoms with Crippen molar-refractivity contribution in [2.45, 2.75) is 76.8 Å². The van der Waals surface area contributed by atoms with Gasteiger partial charge in [0, 0.05) is 6.04 Å². The van der Waals surface area contributed by atoms with Gasteiger partial charge in [0.1, 0.15) is 5.75 Å². The van der Waals surface area contributed by atoms with Crippen molar-refractivity contribution < 1.29 is 23.1 Å². The van der Waals surface area contributed by atoms with E-state index in [0.29, 0.717) is 18.8 Å². The van der Waals surface area contributed by atoms with Gasteiger partial charge in [0.05, 0.1) is 11.5 Å². The van der Waals surface area contributed by atoms with Crippen molar-refractivity contribution >= 4 is 21.9 Å². The molecule has 0 aromatic rings. The number of nitrogens with one attached hydrogen (secondary N) is 2. The molecule has 8 heteroatoms. The first-order valence-electron chi connectivity index (χ1n) is 9.15. The highest BCUT2D eigenvalue weighted by atomic mass is 32.2. The quantitative estimate of drug-likeness (QED) is 0.654. The van der Waals surface area contributed by atoms with E-state index >= 15 is 0 Å². The topological polar surface area (TPSA) is 113 Å². The maximum absolute atomic E-state index is 12.3. The standard InChI is InChI=1S/C17H30N2O5S/c1-12-6-8-13(9-7-12)19-25(23,24)11-15(20)18-17(2)10-4-3-5-14(17)16(21)22/h12-14,19H,3-11H2,1-2H3,(H,18,20)(H,21,22). The number of carboxylic acid groups (broad SMARTS) is 1. The fourth-order valence-electron chi connectivity index (χ4n) is 4.08. The van der Waals surface area contributed by atoms with Gasteiger partial charge >= 0.3 is 5.97 Å². The number of carboxylic acids is 1. The lowest BCUT2D eigenvalue weighted by Gasteiger charge is -2.39. The second kappa shape index (κ2) is 8.03. The van der Waals surface area contributed by atoms with E-state index in [-0.39, 0.29) is 6.04 Å². The van der Waals surface area contributed by atoms with E-state index in [9.17, 15) is 23.1 Å². The summed E-state index contributed by atoms with van der Waals surface area (Å²) in [5.41, 5.74) is -0.892. The lowest BCUT2D eigenvalue weighted by atomic mass is 9.74. The molecule has 2 aliphatic carbocycles. The van der Waals surface area contributed by atoms with Crippen LogP contribution in [-0.2, 0) is 19.6 Å². The molecule has 2 fully saturated rings. The van der Waals surface area contributed by atoms with E-state index < -0.39 is 39.1 Å². The summed E-state index contributed by atoms with van der Waals surface area (Å²) < 4.78 is 27.2. The van der Waals surface area contributed by atoms with Crippen molar-refractivity contribution in [3.05, 3.63) is 0 Å². The summed E-state index contributed by atoms with van der Waals surface area (Å²) in [5.74, 6) is -2.29. The van der Waals surface area contributed by atoms with Gasteiger partial charge in [0.2, 0.25) is 15.9 Å². The fourth-order valence-corrected chi connectivity index (χ4v) is 5.32. The summed E-state index contributed by atoms with van der Waals surface area (Å²) >= 11 is 0. The van der Waals surface area contributed by atoms with Crippen LogP contribution in [0.25, 0.3) is 0 Å². The molecule has 1 amide bonds. The first-order chi connectivity index (χ1) is 11.6. The third-order valence-corrected chi connectivity index (χ3v) is 6.95. The van der Waals surface area contributed by atoms with Crippen molar-refractivity contribution in [2.75, 3.05) is 5.75 Å². The minimum atomic E-state index is -3.72. The normalized spacial score (nSPS) is 33.6. The molecule has 0 aromatic carbocycles. The second-order valence-corrected chi connectivity index (χ2v) is 9.69. The van der Waals surface area contributed by atoms with Crippen LogP contribution in [0.4, 0.5) is 0 Å². The molecule has 2 saturated carbocycles. The first kappa shape index (κ1) is 20.2. The molecule has 0 bridgehead atoms. The van der Waals surface area contributed by atoms with E-state index in [1.54, 1.807) is 6.92 Å². The molecule has 7 nitrogen and oxygen atoms in total. The number of amides is 1. The van der Waals surface area contributed by atoms with E-state index in [2.05, 4.69) is 17.0 Å². The third kappa shape index (κ3) is 5.67. The summed E-state index contributed by atoms with van der Waals surface area (Å²) in [6.45, 7) is 3.85. The molecule has 2 atom stereocenters. The van der Waals surface area contributed by atoms with E-state index in [1.165, 1.54) is 0 Å². The maximum atomic E-state index is 12.3. The molecule has 0 radical (unpaired) electrons. The SMILES string of the molecule is CC1CCC(NS(=O)(=O)CC(=O)NC2(C)CCCCC2C(=O)O)CC1. The Morgan fingerprint density at radius 1 is 1.12 bits per heavy atom. The van der Waals surface area contributed by atoms with Gasteiger partial charge < -0.3 is 10.4 Å². The zero-order valence-electron chi connectivity index (χ0n) is 15.1. The minimum Gasteiger partial charge on any atom is -0.481 e. The molecule has 25 heavy (non-hydrogen) atoms. The molecule has 144 valence electrons. The minimum absolute atomic E-state index is 0.106. The number of rotatable bonds is 6. The molecule has 0 heterocycles. The summed E-state index contributed by atoms with van der Waals surface area (Å²) in [5, 5.41) is 12.1. The van der Waals surface area contributed by atoms with Crippen molar-refractivity contribution in [2.24, 2.45) is 11.8 Å². The number of aliphatic carboxylic acids is 1. The average molecular weight is 375 g/mol. The Morgan fingerprint density at radius 3 is 2.36 bits per heavy atom. The van der Waals surface area contributed by atoms with Gasteiger partial charge in [-0.25, -0.2) is 13.1 Å². The van der Waals surface area contributed by atoms with E-state index in [4.69, 9.17) is 0 Å². The highest BCUT2D eigenvalue weighted by Crippen LogP contribution is 2.33. The molecular formula is C17H30N2O5S. The lowest BCUT2D eigenvalue weighted by Crippen LogP contribution is -2.57. The van der Waals surface area contributed by atoms with Crippen molar-refractivity contribution in [3.63, 3.8) is 0 Å². The molecule has 3 N–H and O–H groups in total. The van der Waals surface area contributed by atoms with Crippen LogP contribution in [0.15, 0.2) is 0 Å². The van der Waals surface area contributed by atoms with E-state index in [1.807, 2.05) is 0 Å². The number of carbonyl (C=O) groups excluding carboxylic acids is 1. The highest BCUT2D eigenvalue weighted by molar-refractivity contribution is 7.90. The van der Waals surface area contributed by atoms with Gasteiger partial charge in [-0.05, 0) is 51.4 Å². The summed E-state index contributed by atoms with van der Waals surface area (Å²) in [4.78, 5) is 23.7. The molecule has 2 aliphatic rings. The van der Waals surface area contributed by atoms with Gasteiger partial charge in [-0.2, -0.15) is 0 Å². The zero-order chi connectivity index (χ0) is 18.7. The van der Waals surface area contributed by atoms with Crippen molar-refractivity contribution in [1.29, 1.82) is 0 Å². The van der Waals surface area contributed by atoms with E-state index in [0.717, 1.165) is 38.5 Å². The predicted molar refractivity (Wildman–Crippen MR) is 94.5 cm³/mol. The third-order valence-electron chi connectivity index (χ3n) is 5.61. The average Bonchev–Trinajstić information content (AvgIpc) is 2.48. The monoisotopic (exact) mass is 374 g/mol. The Hall–Kier alpha value is -1.15. The number of carbonyl (C=O) groups is 2. The molecule has 0 spiro atoms. The summed E-state index contributed by atoms with van der Waals surface area (Å²) in [6.07, 6.45) is 6.23. The molecule has 0 aromatic heterocycles. The highest BCUT2D eigenvalue weighted by Gasteiger charge is 2.42. The lowest BCUT2D eigenvalue weighted by molar-refractivity contribution is -0.146. The smallest absolute Gasteiger partial charge is 0.308 e. The maximum Gasteiger partial charge on any atom is 0.308 e.